The largest absolute Gasteiger partial charge is 0.491 e. The molecule has 0 unspecified atom stereocenters. The van der Waals surface area contributed by atoms with E-state index in [2.05, 4.69) is 10.1 Å². The zero-order chi connectivity index (χ0) is 21.0. The molecule has 8 heteroatoms. The van der Waals surface area contributed by atoms with Crippen LogP contribution in [0.4, 0.5) is 0 Å². The molecule has 160 valence electrons. The number of halogens is 1. The van der Waals surface area contributed by atoms with Crippen LogP contribution in [0.15, 0.2) is 48.5 Å². The molecular weight excluding hydrogens is 406 g/mol. The van der Waals surface area contributed by atoms with Crippen molar-refractivity contribution in [1.82, 2.24) is 5.32 Å². The first kappa shape index (κ1) is 23.2. The van der Waals surface area contributed by atoms with Gasteiger partial charge in [0.15, 0.2) is 0 Å². The van der Waals surface area contributed by atoms with Crippen molar-refractivity contribution in [3.8, 4) is 16.9 Å². The highest BCUT2D eigenvalue weighted by atomic mass is 35.5. The summed E-state index contributed by atoms with van der Waals surface area (Å²) in [5.41, 5.74) is 7.44. The van der Waals surface area contributed by atoms with Crippen molar-refractivity contribution in [3.63, 3.8) is 0 Å². The second-order valence-electron chi connectivity index (χ2n) is 7.51. The summed E-state index contributed by atoms with van der Waals surface area (Å²) in [6.45, 7) is 2.10. The number of nitrogens with two attached hydrogens (primary N) is 1. The quantitative estimate of drug-likeness (QED) is 0.354. The molecule has 1 heterocycles. The minimum atomic E-state index is -0.767. The molecule has 30 heavy (non-hydrogen) atoms. The van der Waals surface area contributed by atoms with E-state index in [0.717, 1.165) is 11.1 Å². The Balaban J connectivity index is 0.00000320. The lowest BCUT2D eigenvalue weighted by Gasteiger charge is -2.18. The maximum absolute atomic E-state index is 12.2. The lowest BCUT2D eigenvalue weighted by Crippen LogP contribution is -2.33. The van der Waals surface area contributed by atoms with Gasteiger partial charge in [0.2, 0.25) is 5.91 Å². The van der Waals surface area contributed by atoms with E-state index in [4.69, 9.17) is 15.9 Å². The Morgan fingerprint density at radius 2 is 1.73 bits per heavy atom. The average Bonchev–Trinajstić information content (AvgIpc) is 3.00. The second kappa shape index (κ2) is 9.63. The van der Waals surface area contributed by atoms with Gasteiger partial charge in [0, 0.05) is 5.56 Å². The van der Waals surface area contributed by atoms with E-state index in [1.54, 1.807) is 6.92 Å². The summed E-state index contributed by atoms with van der Waals surface area (Å²) in [7, 11) is 1.32. The van der Waals surface area contributed by atoms with Gasteiger partial charge in [-0.3, -0.25) is 15.0 Å². The van der Waals surface area contributed by atoms with E-state index in [1.807, 2.05) is 48.5 Å². The van der Waals surface area contributed by atoms with Crippen LogP contribution in [0, 0.1) is 10.8 Å². The Bertz CT molecular complexity index is 915. The smallest absolute Gasteiger partial charge is 0.306 e. The Labute approximate surface area is 181 Å². The van der Waals surface area contributed by atoms with Gasteiger partial charge >= 0.3 is 5.97 Å². The fourth-order valence-electron chi connectivity index (χ4n) is 3.47. The molecule has 0 spiro atoms. The van der Waals surface area contributed by atoms with Crippen LogP contribution in [0.3, 0.4) is 0 Å². The number of nitrogen functional groups attached to an aromatic ring is 1. The van der Waals surface area contributed by atoms with Gasteiger partial charge in [0.1, 0.15) is 18.2 Å². The maximum Gasteiger partial charge on any atom is 0.306 e. The van der Waals surface area contributed by atoms with Crippen LogP contribution in [-0.4, -0.2) is 37.5 Å². The first-order valence-corrected chi connectivity index (χ1v) is 9.36. The Kier molecular flexibility index (Phi) is 7.45. The van der Waals surface area contributed by atoms with Crippen LogP contribution in [-0.2, 0) is 14.3 Å². The van der Waals surface area contributed by atoms with Gasteiger partial charge in [0.05, 0.1) is 25.0 Å². The molecule has 1 fully saturated rings. The first-order valence-electron chi connectivity index (χ1n) is 9.36. The van der Waals surface area contributed by atoms with Crippen molar-refractivity contribution in [3.05, 3.63) is 54.1 Å². The highest BCUT2D eigenvalue weighted by Gasteiger charge is 2.44. The Morgan fingerprint density at radius 3 is 2.27 bits per heavy atom. The van der Waals surface area contributed by atoms with Gasteiger partial charge in [0.25, 0.3) is 0 Å². The molecule has 2 aromatic rings. The number of nitrogens with one attached hydrogen (secondary N) is 2. The Hall–Kier alpha value is -3.06. The molecule has 2 aromatic carbocycles. The van der Waals surface area contributed by atoms with E-state index in [0.29, 0.717) is 24.3 Å². The highest BCUT2D eigenvalue weighted by molar-refractivity contribution is 5.95. The SMILES string of the molecule is COC(=O)C[C@]1(C)C[C@@H](COc2ccc(-c3ccc(C(=N)N)cc3)cc2)NC1=O.Cl. The van der Waals surface area contributed by atoms with Gasteiger partial charge in [-0.15, -0.1) is 12.4 Å². The molecule has 3 rings (SSSR count). The number of esters is 1. The van der Waals surface area contributed by atoms with Crippen molar-refractivity contribution >= 4 is 30.1 Å². The third-order valence-corrected chi connectivity index (χ3v) is 5.18. The maximum atomic E-state index is 12.2. The molecule has 4 N–H and O–H groups in total. The van der Waals surface area contributed by atoms with Gasteiger partial charge < -0.3 is 20.5 Å². The number of hydrogen-bond acceptors (Lipinski definition) is 5. The molecule has 0 bridgehead atoms. The number of amides is 1. The van der Waals surface area contributed by atoms with Crippen LogP contribution < -0.4 is 15.8 Å². The summed E-state index contributed by atoms with van der Waals surface area (Å²) in [4.78, 5) is 23.8. The number of carbonyl (C=O) groups is 2. The number of benzene rings is 2. The zero-order valence-corrected chi connectivity index (χ0v) is 17.8. The topological polar surface area (TPSA) is 114 Å². The molecule has 1 amide bonds. The predicted octanol–water partition coefficient (Wildman–Crippen LogP) is 2.90. The van der Waals surface area contributed by atoms with Gasteiger partial charge in [-0.25, -0.2) is 0 Å². The molecule has 0 radical (unpaired) electrons. The summed E-state index contributed by atoms with van der Waals surface area (Å²) >= 11 is 0. The Morgan fingerprint density at radius 1 is 1.17 bits per heavy atom. The van der Waals surface area contributed by atoms with Crippen LogP contribution in [0.25, 0.3) is 11.1 Å². The van der Waals surface area contributed by atoms with Crippen LogP contribution >= 0.6 is 12.4 Å². The van der Waals surface area contributed by atoms with E-state index < -0.39 is 11.4 Å². The number of amidine groups is 1. The molecular formula is C22H26ClN3O4. The summed E-state index contributed by atoms with van der Waals surface area (Å²) in [5.74, 6) is 0.198. The zero-order valence-electron chi connectivity index (χ0n) is 16.9. The lowest BCUT2D eigenvalue weighted by molar-refractivity contribution is -0.146. The lowest BCUT2D eigenvalue weighted by atomic mass is 9.84. The van der Waals surface area contributed by atoms with E-state index in [-0.39, 0.29) is 36.6 Å². The van der Waals surface area contributed by atoms with Crippen LogP contribution in [0.5, 0.6) is 5.75 Å². The summed E-state index contributed by atoms with van der Waals surface area (Å²) in [6.07, 6.45) is 0.574. The third-order valence-electron chi connectivity index (χ3n) is 5.18. The van der Waals surface area contributed by atoms with E-state index in [1.165, 1.54) is 7.11 Å². The standard InChI is InChI=1S/C22H25N3O4.ClH/c1-22(12-19(26)28-2)11-17(25-21(22)27)13-29-18-9-7-15(8-10-18)14-3-5-16(6-4-14)20(23)24;/h3-10,17H,11-13H2,1-2H3,(H3,23,24)(H,25,27);1H/t17-,22-;/m0./s1. The van der Waals surface area contributed by atoms with Crippen LogP contribution in [0.1, 0.15) is 25.3 Å². The molecule has 1 aliphatic rings. The monoisotopic (exact) mass is 431 g/mol. The predicted molar refractivity (Wildman–Crippen MR) is 117 cm³/mol. The van der Waals surface area contributed by atoms with Crippen molar-refractivity contribution in [1.29, 1.82) is 5.41 Å². The van der Waals surface area contributed by atoms with Crippen molar-refractivity contribution in [2.75, 3.05) is 13.7 Å². The number of ether oxygens (including phenoxy) is 2. The highest BCUT2D eigenvalue weighted by Crippen LogP contribution is 2.34. The third kappa shape index (κ3) is 5.30. The minimum absolute atomic E-state index is 0. The first-order chi connectivity index (χ1) is 13.8. The fourth-order valence-corrected chi connectivity index (χ4v) is 3.47. The number of rotatable bonds is 7. The van der Waals surface area contributed by atoms with Crippen molar-refractivity contribution in [2.24, 2.45) is 11.1 Å². The van der Waals surface area contributed by atoms with E-state index >= 15 is 0 Å². The molecule has 0 aromatic heterocycles. The summed E-state index contributed by atoms with van der Waals surface area (Å²) in [5, 5.41) is 10.3. The number of methoxy groups -OCH3 is 1. The van der Waals surface area contributed by atoms with Crippen molar-refractivity contribution in [2.45, 2.75) is 25.8 Å². The summed E-state index contributed by atoms with van der Waals surface area (Å²) < 4.78 is 10.5. The van der Waals surface area contributed by atoms with Gasteiger partial charge in [-0.2, -0.15) is 0 Å². The molecule has 0 saturated carbocycles. The van der Waals surface area contributed by atoms with Crippen LogP contribution in [0.2, 0.25) is 0 Å². The molecule has 0 aliphatic carbocycles. The summed E-state index contributed by atoms with van der Waals surface area (Å²) in [6, 6.07) is 15.0. The minimum Gasteiger partial charge on any atom is -0.491 e. The molecule has 1 saturated heterocycles. The van der Waals surface area contributed by atoms with E-state index in [9.17, 15) is 9.59 Å². The fraction of sp³-hybridized carbons (Fsp3) is 0.318. The average molecular weight is 432 g/mol. The number of hydrogen-bond donors (Lipinski definition) is 3. The number of carbonyl (C=O) groups excluding carboxylic acids is 2. The van der Waals surface area contributed by atoms with Gasteiger partial charge in [-0.1, -0.05) is 43.3 Å². The second-order valence-corrected chi connectivity index (χ2v) is 7.51. The molecule has 1 aliphatic heterocycles. The molecule has 2 atom stereocenters. The van der Waals surface area contributed by atoms with Crippen molar-refractivity contribution < 1.29 is 19.1 Å². The normalized spacial score (nSPS) is 20.1. The van der Waals surface area contributed by atoms with Gasteiger partial charge in [-0.05, 0) is 29.7 Å². The molecule has 7 nitrogen and oxygen atoms in total.